The average molecular weight is 318 g/mol. The Morgan fingerprint density at radius 2 is 1.21 bits per heavy atom. The molecule has 0 bridgehead atoms. The molecule has 24 heavy (non-hydrogen) atoms. The van der Waals surface area contributed by atoms with Crippen LogP contribution in [0.2, 0.25) is 0 Å². The minimum Gasteiger partial charge on any atom is -0.321 e. The van der Waals surface area contributed by atoms with E-state index in [-0.39, 0.29) is 5.78 Å². The summed E-state index contributed by atoms with van der Waals surface area (Å²) in [4.78, 5) is 22.3. The highest BCUT2D eigenvalue weighted by Crippen LogP contribution is 2.21. The van der Waals surface area contributed by atoms with E-state index in [0.29, 0.717) is 24.7 Å². The number of carbonyl (C=O) groups is 1. The van der Waals surface area contributed by atoms with Gasteiger partial charge in [0.15, 0.2) is 11.6 Å². The number of para-hydroxylation sites is 4. The Morgan fingerprint density at radius 1 is 0.792 bits per heavy atom. The summed E-state index contributed by atoms with van der Waals surface area (Å²) >= 11 is 0. The molecule has 2 aromatic heterocycles. The van der Waals surface area contributed by atoms with Gasteiger partial charge < -0.3 is 9.13 Å². The minimum absolute atomic E-state index is 0.133. The van der Waals surface area contributed by atoms with Crippen molar-refractivity contribution in [1.29, 1.82) is 0 Å². The Bertz CT molecular complexity index is 974. The molecule has 0 N–H and O–H groups in total. The van der Waals surface area contributed by atoms with Gasteiger partial charge in [-0.3, -0.25) is 4.79 Å². The van der Waals surface area contributed by atoms with Crippen LogP contribution in [0.25, 0.3) is 22.1 Å². The first-order valence-electron chi connectivity index (χ1n) is 8.19. The lowest BCUT2D eigenvalue weighted by Gasteiger charge is -2.07. The predicted octanol–water partition coefficient (Wildman–Crippen LogP) is 3.66. The second-order valence-electron chi connectivity index (χ2n) is 5.67. The number of aromatic nitrogens is 4. The summed E-state index contributed by atoms with van der Waals surface area (Å²) in [6.07, 6.45) is 0. The van der Waals surface area contributed by atoms with E-state index in [1.807, 2.05) is 71.5 Å². The van der Waals surface area contributed by atoms with Crippen molar-refractivity contribution in [3.05, 3.63) is 60.2 Å². The second-order valence-corrected chi connectivity index (χ2v) is 5.67. The topological polar surface area (TPSA) is 52.7 Å². The molecule has 0 fully saturated rings. The van der Waals surface area contributed by atoms with Gasteiger partial charge in [0.1, 0.15) is 0 Å². The molecule has 0 saturated heterocycles. The van der Waals surface area contributed by atoms with Crippen LogP contribution in [0, 0.1) is 0 Å². The highest BCUT2D eigenvalue weighted by atomic mass is 16.1. The van der Waals surface area contributed by atoms with Crippen LogP contribution in [0.15, 0.2) is 48.5 Å². The number of ketones is 1. The van der Waals surface area contributed by atoms with Crippen LogP contribution in [0.1, 0.15) is 30.3 Å². The van der Waals surface area contributed by atoms with E-state index >= 15 is 0 Å². The molecule has 0 amide bonds. The standard InChI is InChI=1S/C19H18N4O/c1-3-22-15-11-7-5-9-13(15)20-18(22)17(24)19-21-14-10-6-8-12-16(14)23(19)4-2/h5-12H,3-4H2,1-2H3. The molecule has 0 saturated carbocycles. The largest absolute Gasteiger partial charge is 0.321 e. The lowest BCUT2D eigenvalue weighted by Crippen LogP contribution is -2.16. The molecule has 0 aliphatic heterocycles. The van der Waals surface area contributed by atoms with Crippen LogP contribution in [-0.4, -0.2) is 24.9 Å². The second kappa shape index (κ2) is 5.60. The van der Waals surface area contributed by atoms with Gasteiger partial charge in [0.25, 0.3) is 5.78 Å². The van der Waals surface area contributed by atoms with Crippen molar-refractivity contribution >= 4 is 27.9 Å². The van der Waals surface area contributed by atoms with Crippen LogP contribution in [0.3, 0.4) is 0 Å². The van der Waals surface area contributed by atoms with Gasteiger partial charge in [0.2, 0.25) is 0 Å². The van der Waals surface area contributed by atoms with Crippen LogP contribution in [0.4, 0.5) is 0 Å². The molecular formula is C19H18N4O. The third-order valence-electron chi connectivity index (χ3n) is 4.35. The molecule has 2 heterocycles. The van der Waals surface area contributed by atoms with Crippen LogP contribution < -0.4 is 0 Å². The molecule has 5 nitrogen and oxygen atoms in total. The molecule has 0 radical (unpaired) electrons. The van der Waals surface area contributed by atoms with Crippen LogP contribution >= 0.6 is 0 Å². The van der Waals surface area contributed by atoms with Crippen molar-refractivity contribution in [1.82, 2.24) is 19.1 Å². The van der Waals surface area contributed by atoms with Crippen molar-refractivity contribution in [2.75, 3.05) is 0 Å². The molecule has 0 aliphatic rings. The highest BCUT2D eigenvalue weighted by Gasteiger charge is 2.23. The maximum Gasteiger partial charge on any atom is 0.263 e. The van der Waals surface area contributed by atoms with E-state index in [0.717, 1.165) is 22.1 Å². The lowest BCUT2D eigenvalue weighted by molar-refractivity contribution is 0.101. The van der Waals surface area contributed by atoms with Gasteiger partial charge in [0, 0.05) is 13.1 Å². The van der Waals surface area contributed by atoms with Gasteiger partial charge in [-0.15, -0.1) is 0 Å². The van der Waals surface area contributed by atoms with E-state index in [9.17, 15) is 4.79 Å². The van der Waals surface area contributed by atoms with Crippen LogP contribution in [0.5, 0.6) is 0 Å². The number of rotatable bonds is 4. The van der Waals surface area contributed by atoms with Crippen molar-refractivity contribution in [3.63, 3.8) is 0 Å². The molecule has 0 aliphatic carbocycles. The van der Waals surface area contributed by atoms with E-state index in [1.165, 1.54) is 0 Å². The number of aryl methyl sites for hydroxylation is 2. The normalized spacial score (nSPS) is 11.4. The van der Waals surface area contributed by atoms with Crippen molar-refractivity contribution in [2.45, 2.75) is 26.9 Å². The third-order valence-corrected chi connectivity index (χ3v) is 4.35. The summed E-state index contributed by atoms with van der Waals surface area (Å²) in [7, 11) is 0. The maximum absolute atomic E-state index is 13.2. The Kier molecular flexibility index (Phi) is 3.41. The minimum atomic E-state index is -0.133. The maximum atomic E-state index is 13.2. The molecule has 2 aromatic carbocycles. The van der Waals surface area contributed by atoms with Gasteiger partial charge in [-0.1, -0.05) is 24.3 Å². The summed E-state index contributed by atoms with van der Waals surface area (Å²) in [6.45, 7) is 5.42. The summed E-state index contributed by atoms with van der Waals surface area (Å²) in [5.41, 5.74) is 3.62. The fourth-order valence-electron chi connectivity index (χ4n) is 3.24. The quantitative estimate of drug-likeness (QED) is 0.540. The SMILES string of the molecule is CCn1c(C(=O)c2nc3ccccc3n2CC)nc2ccccc21. The fourth-order valence-corrected chi connectivity index (χ4v) is 3.24. The molecule has 0 unspecified atom stereocenters. The van der Waals surface area contributed by atoms with E-state index in [1.54, 1.807) is 0 Å². The number of hydrogen-bond acceptors (Lipinski definition) is 3. The Morgan fingerprint density at radius 3 is 1.62 bits per heavy atom. The van der Waals surface area contributed by atoms with Crippen molar-refractivity contribution in [3.8, 4) is 0 Å². The lowest BCUT2D eigenvalue weighted by atomic mass is 10.3. The first-order valence-corrected chi connectivity index (χ1v) is 8.19. The zero-order valence-corrected chi connectivity index (χ0v) is 13.7. The number of nitrogens with zero attached hydrogens (tertiary/aromatic N) is 4. The van der Waals surface area contributed by atoms with Crippen LogP contribution in [-0.2, 0) is 13.1 Å². The summed E-state index contributed by atoms with van der Waals surface area (Å²) in [5.74, 6) is 0.763. The van der Waals surface area contributed by atoms with Gasteiger partial charge in [-0.05, 0) is 38.1 Å². The van der Waals surface area contributed by atoms with E-state index in [2.05, 4.69) is 9.97 Å². The molecular weight excluding hydrogens is 300 g/mol. The zero-order valence-electron chi connectivity index (χ0n) is 13.7. The van der Waals surface area contributed by atoms with Gasteiger partial charge in [0.05, 0.1) is 22.1 Å². The number of benzene rings is 2. The van der Waals surface area contributed by atoms with Gasteiger partial charge in [-0.2, -0.15) is 0 Å². The number of carbonyl (C=O) groups excluding carboxylic acids is 1. The average Bonchev–Trinajstić information content (AvgIpc) is 3.18. The molecule has 0 atom stereocenters. The van der Waals surface area contributed by atoms with E-state index < -0.39 is 0 Å². The zero-order chi connectivity index (χ0) is 16.7. The third kappa shape index (κ3) is 2.05. The molecule has 5 heteroatoms. The monoisotopic (exact) mass is 318 g/mol. The summed E-state index contributed by atoms with van der Waals surface area (Å²) in [6, 6.07) is 15.6. The van der Waals surface area contributed by atoms with Crippen molar-refractivity contribution in [2.24, 2.45) is 0 Å². The predicted molar refractivity (Wildman–Crippen MR) is 94.2 cm³/mol. The van der Waals surface area contributed by atoms with Gasteiger partial charge in [-0.25, -0.2) is 9.97 Å². The Hall–Kier alpha value is -2.95. The van der Waals surface area contributed by atoms with Crippen molar-refractivity contribution < 1.29 is 4.79 Å². The van der Waals surface area contributed by atoms with E-state index in [4.69, 9.17) is 0 Å². The number of hydrogen-bond donors (Lipinski definition) is 0. The molecule has 4 aromatic rings. The summed E-state index contributed by atoms with van der Waals surface area (Å²) in [5, 5.41) is 0. The molecule has 0 spiro atoms. The number of fused-ring (bicyclic) bond motifs is 2. The Labute approximate surface area is 139 Å². The first kappa shape index (κ1) is 14.6. The molecule has 120 valence electrons. The molecule has 4 rings (SSSR count). The fraction of sp³-hybridized carbons (Fsp3) is 0.211. The number of imidazole rings is 2. The Balaban J connectivity index is 1.94. The highest BCUT2D eigenvalue weighted by molar-refractivity contribution is 6.07. The smallest absolute Gasteiger partial charge is 0.263 e. The first-order chi connectivity index (χ1) is 11.7. The van der Waals surface area contributed by atoms with Gasteiger partial charge >= 0.3 is 0 Å². The summed E-state index contributed by atoms with van der Waals surface area (Å²) < 4.78 is 3.91.